The van der Waals surface area contributed by atoms with Gasteiger partial charge < -0.3 is 20.5 Å². The fraction of sp³-hybridized carbons (Fsp3) is 0.600. The Labute approximate surface area is 94.4 Å². The summed E-state index contributed by atoms with van der Waals surface area (Å²) in [4.78, 5) is 21.8. The van der Waals surface area contributed by atoms with Crippen LogP contribution in [0.15, 0.2) is 0 Å². The van der Waals surface area contributed by atoms with E-state index in [1.165, 1.54) is 7.11 Å². The number of carboxylic acids is 1. The molecule has 0 saturated carbocycles. The first kappa shape index (κ1) is 14.3. The van der Waals surface area contributed by atoms with Gasteiger partial charge in [0.2, 0.25) is 0 Å². The van der Waals surface area contributed by atoms with Crippen LogP contribution in [0, 0.1) is 12.3 Å². The summed E-state index contributed by atoms with van der Waals surface area (Å²) in [6, 6.07) is -0.862. The maximum absolute atomic E-state index is 11.2. The zero-order valence-corrected chi connectivity index (χ0v) is 9.32. The van der Waals surface area contributed by atoms with Crippen LogP contribution in [-0.4, -0.2) is 42.9 Å². The number of amides is 2. The molecule has 0 radical (unpaired) electrons. The van der Waals surface area contributed by atoms with Gasteiger partial charge in [-0.3, -0.25) is 0 Å². The Morgan fingerprint density at radius 2 is 2.19 bits per heavy atom. The second-order valence-corrected chi connectivity index (χ2v) is 3.04. The maximum atomic E-state index is 11.2. The second-order valence-electron chi connectivity index (χ2n) is 3.04. The van der Waals surface area contributed by atoms with E-state index in [0.29, 0.717) is 6.42 Å². The number of carbonyl (C=O) groups is 2. The maximum Gasteiger partial charge on any atom is 0.334 e. The van der Waals surface area contributed by atoms with E-state index < -0.39 is 18.1 Å². The standard InChI is InChI=1S/C10H16N2O4/c1-4-7(5-2)12-10(15)11-6-8(16-3)9(13)14/h1,7-8H,5-6H2,2-3H3,(H,13,14)(H2,11,12,15). The normalized spacial score (nSPS) is 13.3. The number of hydrogen-bond acceptors (Lipinski definition) is 3. The van der Waals surface area contributed by atoms with Crippen LogP contribution in [0.1, 0.15) is 13.3 Å². The lowest BCUT2D eigenvalue weighted by Gasteiger charge is -2.14. The predicted octanol–water partition coefficient (Wildman–Crippen LogP) is -0.203. The Kier molecular flexibility index (Phi) is 6.72. The number of methoxy groups -OCH3 is 1. The molecule has 0 saturated heterocycles. The van der Waals surface area contributed by atoms with Crippen LogP contribution in [0.5, 0.6) is 0 Å². The first-order valence-electron chi connectivity index (χ1n) is 4.81. The van der Waals surface area contributed by atoms with Crippen molar-refractivity contribution in [2.75, 3.05) is 13.7 Å². The summed E-state index contributed by atoms with van der Waals surface area (Å²) in [6.45, 7) is 1.72. The Balaban J connectivity index is 3.98. The van der Waals surface area contributed by atoms with E-state index in [2.05, 4.69) is 21.3 Å². The van der Waals surface area contributed by atoms with Crippen molar-refractivity contribution in [2.24, 2.45) is 0 Å². The molecule has 0 heterocycles. The molecule has 0 fully saturated rings. The average Bonchev–Trinajstić information content (AvgIpc) is 2.26. The molecule has 0 aliphatic heterocycles. The van der Waals surface area contributed by atoms with Crippen molar-refractivity contribution in [2.45, 2.75) is 25.5 Å². The number of carboxylic acid groups (broad SMARTS) is 1. The summed E-state index contributed by atoms with van der Waals surface area (Å²) < 4.78 is 4.64. The zero-order valence-electron chi connectivity index (χ0n) is 9.32. The highest BCUT2D eigenvalue weighted by molar-refractivity contribution is 5.77. The molecule has 3 N–H and O–H groups in total. The number of nitrogens with one attached hydrogen (secondary N) is 2. The summed E-state index contributed by atoms with van der Waals surface area (Å²) in [5.74, 6) is 1.25. The minimum absolute atomic E-state index is 0.112. The monoisotopic (exact) mass is 228 g/mol. The van der Waals surface area contributed by atoms with Crippen molar-refractivity contribution >= 4 is 12.0 Å². The minimum Gasteiger partial charge on any atom is -0.479 e. The van der Waals surface area contributed by atoms with Crippen LogP contribution in [0.2, 0.25) is 0 Å². The third kappa shape index (κ3) is 5.22. The molecule has 6 nitrogen and oxygen atoms in total. The molecule has 6 heteroatoms. The lowest BCUT2D eigenvalue weighted by molar-refractivity contribution is -0.147. The first-order chi connectivity index (χ1) is 7.54. The van der Waals surface area contributed by atoms with E-state index in [1.807, 2.05) is 6.92 Å². The zero-order chi connectivity index (χ0) is 12.6. The summed E-state index contributed by atoms with van der Waals surface area (Å²) >= 11 is 0. The number of carbonyl (C=O) groups excluding carboxylic acids is 1. The van der Waals surface area contributed by atoms with E-state index >= 15 is 0 Å². The molecular formula is C10H16N2O4. The van der Waals surface area contributed by atoms with Gasteiger partial charge >= 0.3 is 12.0 Å². The molecule has 16 heavy (non-hydrogen) atoms. The molecule has 0 spiro atoms. The van der Waals surface area contributed by atoms with E-state index in [4.69, 9.17) is 11.5 Å². The third-order valence-corrected chi connectivity index (χ3v) is 1.92. The first-order valence-corrected chi connectivity index (χ1v) is 4.81. The molecule has 0 aromatic heterocycles. The lowest BCUT2D eigenvalue weighted by Crippen LogP contribution is -2.45. The molecule has 2 unspecified atom stereocenters. The molecule has 2 atom stereocenters. The van der Waals surface area contributed by atoms with Crippen molar-refractivity contribution < 1.29 is 19.4 Å². The molecular weight excluding hydrogens is 212 g/mol. The van der Waals surface area contributed by atoms with Gasteiger partial charge in [0, 0.05) is 7.11 Å². The van der Waals surface area contributed by atoms with E-state index in [0.717, 1.165) is 0 Å². The van der Waals surface area contributed by atoms with Crippen molar-refractivity contribution in [3.63, 3.8) is 0 Å². The summed E-state index contributed by atoms with van der Waals surface area (Å²) in [7, 11) is 1.26. The average molecular weight is 228 g/mol. The van der Waals surface area contributed by atoms with Gasteiger partial charge in [0.25, 0.3) is 0 Å². The largest absolute Gasteiger partial charge is 0.479 e. The van der Waals surface area contributed by atoms with Crippen LogP contribution < -0.4 is 10.6 Å². The van der Waals surface area contributed by atoms with Gasteiger partial charge in [0.05, 0.1) is 12.6 Å². The quantitative estimate of drug-likeness (QED) is 0.549. The molecule has 0 aromatic rings. The highest BCUT2D eigenvalue weighted by atomic mass is 16.5. The molecule has 0 aromatic carbocycles. The highest BCUT2D eigenvalue weighted by Gasteiger charge is 2.17. The Morgan fingerprint density at radius 3 is 2.56 bits per heavy atom. The Bertz CT molecular complexity index is 285. The Hall–Kier alpha value is -1.74. The van der Waals surface area contributed by atoms with Gasteiger partial charge in [-0.05, 0) is 6.42 Å². The van der Waals surface area contributed by atoms with E-state index in [1.54, 1.807) is 0 Å². The van der Waals surface area contributed by atoms with Crippen molar-refractivity contribution in [1.29, 1.82) is 0 Å². The molecule has 0 rings (SSSR count). The number of rotatable bonds is 6. The predicted molar refractivity (Wildman–Crippen MR) is 57.9 cm³/mol. The molecule has 2 amide bonds. The van der Waals surface area contributed by atoms with E-state index in [9.17, 15) is 9.59 Å². The number of ether oxygens (including phenoxy) is 1. The van der Waals surface area contributed by atoms with Crippen LogP contribution in [0.25, 0.3) is 0 Å². The molecule has 0 bridgehead atoms. The molecule has 0 aliphatic rings. The SMILES string of the molecule is C#CC(CC)NC(=O)NCC(OC)C(=O)O. The van der Waals surface area contributed by atoms with Crippen LogP contribution in [-0.2, 0) is 9.53 Å². The van der Waals surface area contributed by atoms with Crippen LogP contribution in [0.4, 0.5) is 4.79 Å². The van der Waals surface area contributed by atoms with Gasteiger partial charge in [0.15, 0.2) is 6.10 Å². The number of terminal acetylenes is 1. The number of aliphatic carboxylic acids is 1. The van der Waals surface area contributed by atoms with Gasteiger partial charge in [-0.15, -0.1) is 6.42 Å². The minimum atomic E-state index is -1.13. The number of urea groups is 1. The Morgan fingerprint density at radius 1 is 1.56 bits per heavy atom. The fourth-order valence-corrected chi connectivity index (χ4v) is 0.928. The summed E-state index contributed by atoms with van der Waals surface area (Å²) in [6.07, 6.45) is 4.70. The summed E-state index contributed by atoms with van der Waals surface area (Å²) in [5, 5.41) is 13.5. The smallest absolute Gasteiger partial charge is 0.334 e. The highest BCUT2D eigenvalue weighted by Crippen LogP contribution is 1.89. The van der Waals surface area contributed by atoms with E-state index in [-0.39, 0.29) is 12.6 Å². The van der Waals surface area contributed by atoms with Crippen LogP contribution >= 0.6 is 0 Å². The summed E-state index contributed by atoms with van der Waals surface area (Å²) in [5.41, 5.74) is 0. The van der Waals surface area contributed by atoms with Crippen molar-refractivity contribution in [3.8, 4) is 12.3 Å². The fourth-order valence-electron chi connectivity index (χ4n) is 0.928. The van der Waals surface area contributed by atoms with Crippen LogP contribution in [0.3, 0.4) is 0 Å². The number of hydrogen-bond donors (Lipinski definition) is 3. The third-order valence-electron chi connectivity index (χ3n) is 1.92. The second kappa shape index (κ2) is 7.54. The molecule has 90 valence electrons. The van der Waals surface area contributed by atoms with Gasteiger partial charge in [-0.25, -0.2) is 9.59 Å². The van der Waals surface area contributed by atoms with Gasteiger partial charge in [-0.2, -0.15) is 0 Å². The topological polar surface area (TPSA) is 87.7 Å². The molecule has 0 aliphatic carbocycles. The lowest BCUT2D eigenvalue weighted by atomic mass is 10.2. The van der Waals surface area contributed by atoms with Gasteiger partial charge in [0.1, 0.15) is 0 Å². The van der Waals surface area contributed by atoms with Gasteiger partial charge in [-0.1, -0.05) is 12.8 Å². The van der Waals surface area contributed by atoms with Crippen molar-refractivity contribution in [1.82, 2.24) is 10.6 Å². The van der Waals surface area contributed by atoms with Crippen molar-refractivity contribution in [3.05, 3.63) is 0 Å².